The van der Waals surface area contributed by atoms with Crippen LogP contribution >= 0.6 is 0 Å². The van der Waals surface area contributed by atoms with Crippen molar-refractivity contribution in [1.29, 1.82) is 0 Å². The number of allylic oxidation sites excluding steroid dienone is 1. The van der Waals surface area contributed by atoms with Crippen LogP contribution in [0.4, 0.5) is 0 Å². The number of hydrogen-bond donors (Lipinski definition) is 0. The zero-order chi connectivity index (χ0) is 19.6. The van der Waals surface area contributed by atoms with Crippen LogP contribution in [0.3, 0.4) is 0 Å². The number of fused-ring (bicyclic) bond motifs is 3. The summed E-state index contributed by atoms with van der Waals surface area (Å²) in [6.45, 7) is 4.98. The first-order valence-electron chi connectivity index (χ1n) is 9.62. The average molecular weight is 393 g/mol. The van der Waals surface area contributed by atoms with Crippen molar-refractivity contribution >= 4 is 26.3 Å². The van der Waals surface area contributed by atoms with E-state index in [1.807, 2.05) is 12.1 Å². The molecule has 5 heteroatoms. The second kappa shape index (κ2) is 6.06. The standard InChI is InChI=1S/C23H24N2O2S/c1-15-4-9-22-20(10-15)21-14-24(2)12-18-11-17(13-25(22)23(18)21)16-5-7-19(8-6-16)28(3,26)27/h4-11,18H,12-14H2,1-3H3. The lowest BCUT2D eigenvalue weighted by molar-refractivity contribution is 0.292. The van der Waals surface area contributed by atoms with Gasteiger partial charge in [-0.2, -0.15) is 0 Å². The summed E-state index contributed by atoms with van der Waals surface area (Å²) >= 11 is 0. The maximum Gasteiger partial charge on any atom is 0.175 e. The summed E-state index contributed by atoms with van der Waals surface area (Å²) in [5.41, 5.74) is 7.87. The predicted octanol–water partition coefficient (Wildman–Crippen LogP) is 3.98. The van der Waals surface area contributed by atoms with Gasteiger partial charge < -0.3 is 9.47 Å². The van der Waals surface area contributed by atoms with Crippen molar-refractivity contribution < 1.29 is 8.42 Å². The van der Waals surface area contributed by atoms with Crippen LogP contribution in [0.15, 0.2) is 53.4 Å². The van der Waals surface area contributed by atoms with Crippen LogP contribution in [0.1, 0.15) is 28.3 Å². The van der Waals surface area contributed by atoms with Gasteiger partial charge in [0, 0.05) is 48.4 Å². The van der Waals surface area contributed by atoms with Crippen molar-refractivity contribution in [2.24, 2.45) is 0 Å². The fraction of sp³-hybridized carbons (Fsp3) is 0.304. The van der Waals surface area contributed by atoms with E-state index in [1.54, 1.807) is 12.1 Å². The number of aromatic nitrogens is 1. The van der Waals surface area contributed by atoms with Crippen LogP contribution in [0.2, 0.25) is 0 Å². The Bertz CT molecular complexity index is 1230. The first-order chi connectivity index (χ1) is 13.3. The number of aryl methyl sites for hydroxylation is 1. The molecule has 0 N–H and O–H groups in total. The third-order valence-electron chi connectivity index (χ3n) is 6.04. The second-order valence-electron chi connectivity index (χ2n) is 8.26. The minimum atomic E-state index is -3.17. The van der Waals surface area contributed by atoms with E-state index >= 15 is 0 Å². The SMILES string of the molecule is Cc1ccc2c(c1)c1c3n2CC(c2ccc(S(C)(=O)=O)cc2)=CC3CN(C)C1. The van der Waals surface area contributed by atoms with Crippen LogP contribution in [0.25, 0.3) is 16.5 Å². The zero-order valence-electron chi connectivity index (χ0n) is 16.4. The van der Waals surface area contributed by atoms with E-state index in [0.29, 0.717) is 10.8 Å². The maximum atomic E-state index is 11.8. The summed E-state index contributed by atoms with van der Waals surface area (Å²) in [5.74, 6) is 0.361. The molecule has 2 aromatic carbocycles. The number of likely N-dealkylation sites (N-methyl/N-ethyl adjacent to an activating group) is 1. The molecule has 3 aromatic rings. The molecule has 2 aliphatic heterocycles. The topological polar surface area (TPSA) is 42.3 Å². The highest BCUT2D eigenvalue weighted by Crippen LogP contribution is 2.42. The highest BCUT2D eigenvalue weighted by molar-refractivity contribution is 7.90. The largest absolute Gasteiger partial charge is 0.339 e. The Hall–Kier alpha value is -2.37. The van der Waals surface area contributed by atoms with E-state index in [2.05, 4.69) is 47.7 Å². The van der Waals surface area contributed by atoms with Crippen molar-refractivity contribution in [3.05, 3.63) is 70.9 Å². The average Bonchev–Trinajstić information content (AvgIpc) is 2.95. The molecular formula is C23H24N2O2S. The lowest BCUT2D eigenvalue weighted by Crippen LogP contribution is -2.32. The van der Waals surface area contributed by atoms with E-state index in [9.17, 15) is 8.42 Å². The number of sulfone groups is 1. The third kappa shape index (κ3) is 2.73. The molecule has 1 aromatic heterocycles. The minimum absolute atomic E-state index is 0.361. The Morgan fingerprint density at radius 2 is 1.79 bits per heavy atom. The van der Waals surface area contributed by atoms with Crippen molar-refractivity contribution in [3.63, 3.8) is 0 Å². The van der Waals surface area contributed by atoms with Gasteiger partial charge in [0.15, 0.2) is 9.84 Å². The van der Waals surface area contributed by atoms with E-state index in [1.165, 1.54) is 39.6 Å². The number of nitrogens with zero attached hydrogens (tertiary/aromatic N) is 2. The molecule has 0 fully saturated rings. The van der Waals surface area contributed by atoms with Gasteiger partial charge in [-0.3, -0.25) is 0 Å². The van der Waals surface area contributed by atoms with E-state index in [-0.39, 0.29) is 0 Å². The Morgan fingerprint density at radius 1 is 1.04 bits per heavy atom. The third-order valence-corrected chi connectivity index (χ3v) is 7.17. The lowest BCUT2D eigenvalue weighted by atomic mass is 9.89. The summed E-state index contributed by atoms with van der Waals surface area (Å²) in [6.07, 6.45) is 3.64. The molecule has 0 aliphatic carbocycles. The van der Waals surface area contributed by atoms with Gasteiger partial charge in [0.1, 0.15) is 0 Å². The highest BCUT2D eigenvalue weighted by Gasteiger charge is 2.32. The zero-order valence-corrected chi connectivity index (χ0v) is 17.3. The van der Waals surface area contributed by atoms with E-state index in [0.717, 1.165) is 25.2 Å². The molecule has 0 saturated heterocycles. The first kappa shape index (κ1) is 17.7. The van der Waals surface area contributed by atoms with Gasteiger partial charge in [-0.25, -0.2) is 8.42 Å². The van der Waals surface area contributed by atoms with Crippen LogP contribution < -0.4 is 0 Å². The number of hydrogen-bond acceptors (Lipinski definition) is 3. The van der Waals surface area contributed by atoms with Gasteiger partial charge in [0.05, 0.1) is 4.90 Å². The molecule has 0 radical (unpaired) electrons. The van der Waals surface area contributed by atoms with Gasteiger partial charge in [-0.05, 0) is 54.9 Å². The molecule has 1 atom stereocenters. The lowest BCUT2D eigenvalue weighted by Gasteiger charge is -2.34. The second-order valence-corrected chi connectivity index (χ2v) is 10.3. The summed E-state index contributed by atoms with van der Waals surface area (Å²) in [7, 11) is -0.988. The predicted molar refractivity (Wildman–Crippen MR) is 113 cm³/mol. The fourth-order valence-electron chi connectivity index (χ4n) is 4.78. The van der Waals surface area contributed by atoms with Gasteiger partial charge in [0.25, 0.3) is 0 Å². The molecule has 1 unspecified atom stereocenters. The van der Waals surface area contributed by atoms with Crippen LogP contribution in [-0.2, 0) is 22.9 Å². The molecular weight excluding hydrogens is 368 g/mol. The highest BCUT2D eigenvalue weighted by atomic mass is 32.2. The summed E-state index contributed by atoms with van der Waals surface area (Å²) in [6, 6.07) is 14.1. The van der Waals surface area contributed by atoms with Crippen molar-refractivity contribution in [3.8, 4) is 0 Å². The molecule has 0 amide bonds. The van der Waals surface area contributed by atoms with Crippen molar-refractivity contribution in [2.75, 3.05) is 19.8 Å². The van der Waals surface area contributed by atoms with Gasteiger partial charge in [0.2, 0.25) is 0 Å². The maximum absolute atomic E-state index is 11.8. The summed E-state index contributed by atoms with van der Waals surface area (Å²) in [5, 5.41) is 1.37. The Morgan fingerprint density at radius 3 is 2.50 bits per heavy atom. The monoisotopic (exact) mass is 392 g/mol. The molecule has 4 nitrogen and oxygen atoms in total. The van der Waals surface area contributed by atoms with Crippen LogP contribution in [-0.4, -0.2) is 37.7 Å². The van der Waals surface area contributed by atoms with Gasteiger partial charge >= 0.3 is 0 Å². The Kier molecular flexibility index (Phi) is 3.83. The fourth-order valence-corrected chi connectivity index (χ4v) is 5.41. The number of benzene rings is 2. The molecule has 0 spiro atoms. The smallest absolute Gasteiger partial charge is 0.175 e. The van der Waals surface area contributed by atoms with Crippen molar-refractivity contribution in [1.82, 2.24) is 9.47 Å². The van der Waals surface area contributed by atoms with Crippen LogP contribution in [0, 0.1) is 6.92 Å². The quantitative estimate of drug-likeness (QED) is 0.662. The van der Waals surface area contributed by atoms with Crippen molar-refractivity contribution in [2.45, 2.75) is 30.8 Å². The molecule has 5 rings (SSSR count). The normalized spacial score (nSPS) is 19.5. The molecule has 2 aliphatic rings. The molecule has 3 heterocycles. The molecule has 28 heavy (non-hydrogen) atoms. The number of rotatable bonds is 2. The molecule has 0 saturated carbocycles. The van der Waals surface area contributed by atoms with E-state index < -0.39 is 9.84 Å². The van der Waals surface area contributed by atoms with Crippen LogP contribution in [0.5, 0.6) is 0 Å². The minimum Gasteiger partial charge on any atom is -0.339 e. The van der Waals surface area contributed by atoms with E-state index in [4.69, 9.17) is 0 Å². The Balaban J connectivity index is 1.64. The van der Waals surface area contributed by atoms with Gasteiger partial charge in [-0.15, -0.1) is 0 Å². The first-order valence-corrected chi connectivity index (χ1v) is 11.5. The summed E-state index contributed by atoms with van der Waals surface area (Å²) < 4.78 is 26.0. The summed E-state index contributed by atoms with van der Waals surface area (Å²) in [4.78, 5) is 2.76. The molecule has 144 valence electrons. The van der Waals surface area contributed by atoms with Gasteiger partial charge in [-0.1, -0.05) is 29.8 Å². The Labute approximate surface area is 166 Å². The molecule has 0 bridgehead atoms.